The number of anilines is 1. The van der Waals surface area contributed by atoms with Gasteiger partial charge in [-0.1, -0.05) is 6.07 Å². The molecule has 78 valence electrons. The lowest BCUT2D eigenvalue weighted by atomic mass is 9.98. The fourth-order valence-electron chi connectivity index (χ4n) is 1.83. The second-order valence-electron chi connectivity index (χ2n) is 3.93. The van der Waals surface area contributed by atoms with Gasteiger partial charge in [0.25, 0.3) is 0 Å². The third-order valence-corrected chi connectivity index (χ3v) is 3.25. The molecule has 0 N–H and O–H groups in total. The van der Waals surface area contributed by atoms with E-state index in [0.717, 1.165) is 0 Å². The van der Waals surface area contributed by atoms with Gasteiger partial charge >= 0.3 is 0 Å². The molecule has 0 heterocycles. The van der Waals surface area contributed by atoms with Gasteiger partial charge in [-0.25, -0.2) is 0 Å². The van der Waals surface area contributed by atoms with Crippen molar-refractivity contribution < 1.29 is 0 Å². The third kappa shape index (κ3) is 1.88. The molecule has 14 heavy (non-hydrogen) atoms. The molecule has 0 amide bonds. The maximum absolute atomic E-state index is 5.86. The van der Waals surface area contributed by atoms with Crippen molar-refractivity contribution in [2.24, 2.45) is 0 Å². The first-order chi connectivity index (χ1) is 6.49. The fourth-order valence-corrected chi connectivity index (χ4v) is 1.95. The molecule has 0 saturated carbocycles. The van der Waals surface area contributed by atoms with E-state index >= 15 is 0 Å². The Morgan fingerprint density at radius 1 is 1.07 bits per heavy atom. The van der Waals surface area contributed by atoms with Crippen LogP contribution in [0.4, 0.5) is 5.69 Å². The summed E-state index contributed by atoms with van der Waals surface area (Å²) in [6.07, 6.45) is 0. The fraction of sp³-hybridized carbons (Fsp3) is 0.500. The van der Waals surface area contributed by atoms with Crippen molar-refractivity contribution in [3.05, 3.63) is 28.3 Å². The molecule has 0 aliphatic rings. The minimum absolute atomic E-state index is 0.532. The minimum Gasteiger partial charge on any atom is -0.360 e. The molecule has 1 aromatic rings. The summed E-state index contributed by atoms with van der Waals surface area (Å²) in [4.78, 5) is 2.09. The van der Waals surface area contributed by atoms with E-state index < -0.39 is 0 Å². The number of nitrogens with zero attached hydrogens (tertiary/aromatic N) is 1. The predicted molar refractivity (Wildman–Crippen MR) is 64.5 cm³/mol. The van der Waals surface area contributed by atoms with Gasteiger partial charge in [0, 0.05) is 12.7 Å². The van der Waals surface area contributed by atoms with Crippen molar-refractivity contribution >= 4 is 17.3 Å². The third-order valence-electron chi connectivity index (χ3n) is 2.89. The standard InChI is InChI=1S/C12H18ClN/c1-8-6-9(2)11(4)12(10(8)3)14(5)7-13/h6H,7H2,1-5H3. The largest absolute Gasteiger partial charge is 0.360 e. The number of hydrogen-bond acceptors (Lipinski definition) is 1. The summed E-state index contributed by atoms with van der Waals surface area (Å²) in [7, 11) is 2.03. The highest BCUT2D eigenvalue weighted by Crippen LogP contribution is 2.29. The van der Waals surface area contributed by atoms with Crippen LogP contribution in [0.2, 0.25) is 0 Å². The lowest BCUT2D eigenvalue weighted by molar-refractivity contribution is 1.05. The second-order valence-corrected chi connectivity index (χ2v) is 4.17. The number of halogens is 1. The van der Waals surface area contributed by atoms with Crippen molar-refractivity contribution in [2.45, 2.75) is 27.7 Å². The van der Waals surface area contributed by atoms with Crippen molar-refractivity contribution in [2.75, 3.05) is 18.0 Å². The van der Waals surface area contributed by atoms with Crippen LogP contribution in [0.5, 0.6) is 0 Å². The van der Waals surface area contributed by atoms with Crippen LogP contribution in [0.1, 0.15) is 22.3 Å². The topological polar surface area (TPSA) is 3.24 Å². The number of hydrogen-bond donors (Lipinski definition) is 0. The maximum atomic E-state index is 5.86. The van der Waals surface area contributed by atoms with Crippen LogP contribution in [-0.4, -0.2) is 13.1 Å². The molecule has 0 atom stereocenters. The van der Waals surface area contributed by atoms with Crippen molar-refractivity contribution in [1.29, 1.82) is 0 Å². The summed E-state index contributed by atoms with van der Waals surface area (Å²) in [5.74, 6) is 0. The lowest BCUT2D eigenvalue weighted by Crippen LogP contribution is -2.17. The van der Waals surface area contributed by atoms with Crippen LogP contribution >= 0.6 is 11.6 Å². The molecule has 1 nitrogen and oxygen atoms in total. The first kappa shape index (κ1) is 11.4. The van der Waals surface area contributed by atoms with E-state index in [9.17, 15) is 0 Å². The number of rotatable bonds is 2. The van der Waals surface area contributed by atoms with Crippen LogP contribution < -0.4 is 4.90 Å². The Kier molecular flexibility index (Phi) is 3.43. The van der Waals surface area contributed by atoms with Crippen LogP contribution in [0.25, 0.3) is 0 Å². The zero-order valence-electron chi connectivity index (χ0n) is 9.61. The quantitative estimate of drug-likeness (QED) is 0.534. The van der Waals surface area contributed by atoms with E-state index in [-0.39, 0.29) is 0 Å². The summed E-state index contributed by atoms with van der Waals surface area (Å²) in [6.45, 7) is 8.60. The van der Waals surface area contributed by atoms with Gasteiger partial charge < -0.3 is 4.90 Å². The van der Waals surface area contributed by atoms with Gasteiger partial charge in [-0.2, -0.15) is 0 Å². The van der Waals surface area contributed by atoms with E-state index in [4.69, 9.17) is 11.6 Å². The summed E-state index contributed by atoms with van der Waals surface area (Å²) in [5, 5.41) is 0. The van der Waals surface area contributed by atoms with E-state index in [1.807, 2.05) is 7.05 Å². The smallest absolute Gasteiger partial charge is 0.0925 e. The van der Waals surface area contributed by atoms with E-state index in [1.165, 1.54) is 27.9 Å². The number of aryl methyl sites for hydroxylation is 2. The molecule has 2 heteroatoms. The monoisotopic (exact) mass is 211 g/mol. The van der Waals surface area contributed by atoms with E-state index in [0.29, 0.717) is 6.00 Å². The Bertz CT molecular complexity index is 318. The summed E-state index contributed by atoms with van der Waals surface area (Å²) in [5.41, 5.74) is 6.60. The van der Waals surface area contributed by atoms with Crippen molar-refractivity contribution in [3.8, 4) is 0 Å². The minimum atomic E-state index is 0.532. The predicted octanol–water partition coefficient (Wildman–Crippen LogP) is 3.55. The summed E-state index contributed by atoms with van der Waals surface area (Å²) < 4.78 is 0. The summed E-state index contributed by atoms with van der Waals surface area (Å²) >= 11 is 5.86. The zero-order valence-corrected chi connectivity index (χ0v) is 10.4. The Labute approximate surface area is 91.7 Å². The average molecular weight is 212 g/mol. The molecule has 0 unspecified atom stereocenters. The van der Waals surface area contributed by atoms with Crippen molar-refractivity contribution in [3.63, 3.8) is 0 Å². The molecule has 1 rings (SSSR count). The number of benzene rings is 1. The highest BCUT2D eigenvalue weighted by Gasteiger charge is 2.11. The SMILES string of the molecule is Cc1cc(C)c(C)c(N(C)CCl)c1C. The molecule has 0 aromatic heterocycles. The first-order valence-electron chi connectivity index (χ1n) is 4.83. The van der Waals surface area contributed by atoms with Crippen LogP contribution in [-0.2, 0) is 0 Å². The van der Waals surface area contributed by atoms with Crippen LogP contribution in [0, 0.1) is 27.7 Å². The van der Waals surface area contributed by atoms with Gasteiger partial charge in [0.05, 0.1) is 6.00 Å². The van der Waals surface area contributed by atoms with Gasteiger partial charge in [0.15, 0.2) is 0 Å². The van der Waals surface area contributed by atoms with Crippen LogP contribution in [0.15, 0.2) is 6.07 Å². The van der Waals surface area contributed by atoms with Gasteiger partial charge in [0.2, 0.25) is 0 Å². The molecule has 0 bridgehead atoms. The average Bonchev–Trinajstić information content (AvgIpc) is 2.15. The number of alkyl halides is 1. The van der Waals surface area contributed by atoms with Gasteiger partial charge in [-0.3, -0.25) is 0 Å². The van der Waals surface area contributed by atoms with Gasteiger partial charge in [-0.15, -0.1) is 11.6 Å². The van der Waals surface area contributed by atoms with E-state index in [2.05, 4.69) is 38.7 Å². The molecular formula is C12H18ClN. The molecule has 0 spiro atoms. The Hall–Kier alpha value is -0.690. The molecule has 0 fully saturated rings. The first-order valence-corrected chi connectivity index (χ1v) is 5.37. The molecular weight excluding hydrogens is 194 g/mol. The molecule has 0 aliphatic carbocycles. The Balaban J connectivity index is 3.39. The van der Waals surface area contributed by atoms with Gasteiger partial charge in [0.1, 0.15) is 0 Å². The normalized spacial score (nSPS) is 10.4. The lowest BCUT2D eigenvalue weighted by Gasteiger charge is -2.23. The molecule has 0 saturated heterocycles. The van der Waals surface area contributed by atoms with Crippen molar-refractivity contribution in [1.82, 2.24) is 0 Å². The van der Waals surface area contributed by atoms with Crippen LogP contribution in [0.3, 0.4) is 0 Å². The zero-order chi connectivity index (χ0) is 10.9. The van der Waals surface area contributed by atoms with Gasteiger partial charge in [-0.05, 0) is 49.9 Å². The Morgan fingerprint density at radius 3 is 1.86 bits per heavy atom. The maximum Gasteiger partial charge on any atom is 0.0925 e. The highest BCUT2D eigenvalue weighted by atomic mass is 35.5. The summed E-state index contributed by atoms with van der Waals surface area (Å²) in [6, 6.07) is 2.76. The Morgan fingerprint density at radius 2 is 1.50 bits per heavy atom. The molecule has 0 aliphatic heterocycles. The van der Waals surface area contributed by atoms with E-state index in [1.54, 1.807) is 0 Å². The molecule has 0 radical (unpaired) electrons. The second kappa shape index (κ2) is 4.22. The molecule has 1 aromatic carbocycles. The highest BCUT2D eigenvalue weighted by molar-refractivity contribution is 6.19.